The van der Waals surface area contributed by atoms with Crippen molar-refractivity contribution in [1.82, 2.24) is 5.32 Å². The molecule has 0 fully saturated rings. The van der Waals surface area contributed by atoms with E-state index in [-0.39, 0.29) is 19.1 Å². The molecule has 0 aliphatic rings. The fraction of sp³-hybridized carbons (Fsp3) is 0.429. The van der Waals surface area contributed by atoms with Crippen LogP contribution in [0.3, 0.4) is 0 Å². The lowest BCUT2D eigenvalue weighted by Gasteiger charge is -2.15. The van der Waals surface area contributed by atoms with Gasteiger partial charge in [-0.25, -0.2) is 4.79 Å². The van der Waals surface area contributed by atoms with Gasteiger partial charge in [-0.3, -0.25) is 4.79 Å². The summed E-state index contributed by atoms with van der Waals surface area (Å²) in [5.41, 5.74) is 0.861. The van der Waals surface area contributed by atoms with Crippen molar-refractivity contribution in [1.29, 1.82) is 0 Å². The highest BCUT2D eigenvalue weighted by molar-refractivity contribution is 5.84. The summed E-state index contributed by atoms with van der Waals surface area (Å²) in [7, 11) is 0. The van der Waals surface area contributed by atoms with Gasteiger partial charge in [0.1, 0.15) is 12.6 Å². The molecule has 1 amide bonds. The van der Waals surface area contributed by atoms with E-state index in [1.165, 1.54) is 0 Å². The van der Waals surface area contributed by atoms with E-state index >= 15 is 0 Å². The molecule has 0 bridgehead atoms. The average molecular weight is 265 g/mol. The second kappa shape index (κ2) is 7.53. The van der Waals surface area contributed by atoms with Crippen molar-refractivity contribution in [2.75, 3.05) is 6.61 Å². The first-order valence-corrected chi connectivity index (χ1v) is 6.16. The number of carbonyl (C=O) groups is 2. The number of ether oxygens (including phenoxy) is 1. The summed E-state index contributed by atoms with van der Waals surface area (Å²) in [5.74, 6) is -1.47. The van der Waals surface area contributed by atoms with Crippen LogP contribution in [0.5, 0.6) is 0 Å². The highest BCUT2D eigenvalue weighted by atomic mass is 16.5. The van der Waals surface area contributed by atoms with E-state index in [0.29, 0.717) is 0 Å². The van der Waals surface area contributed by atoms with Crippen molar-refractivity contribution in [3.05, 3.63) is 35.9 Å². The standard InChI is InChI=1S/C14H19NO4/c1-10(2)19-9-13(16)15-12(14(17)18)8-11-6-4-3-5-7-11/h3-7,10,12H,8-9H2,1-2H3,(H,15,16)(H,17,18). The topological polar surface area (TPSA) is 75.6 Å². The van der Waals surface area contributed by atoms with Crippen molar-refractivity contribution in [3.63, 3.8) is 0 Å². The number of carbonyl (C=O) groups excluding carboxylic acids is 1. The molecule has 5 nitrogen and oxygen atoms in total. The number of benzene rings is 1. The van der Waals surface area contributed by atoms with Crippen molar-refractivity contribution in [2.45, 2.75) is 32.4 Å². The molecule has 104 valence electrons. The molecule has 0 spiro atoms. The third-order valence-corrected chi connectivity index (χ3v) is 2.46. The Kier molecular flexibility index (Phi) is 6.02. The zero-order chi connectivity index (χ0) is 14.3. The largest absolute Gasteiger partial charge is 0.480 e. The smallest absolute Gasteiger partial charge is 0.326 e. The van der Waals surface area contributed by atoms with Gasteiger partial charge in [0.05, 0.1) is 6.10 Å². The zero-order valence-electron chi connectivity index (χ0n) is 11.1. The van der Waals surface area contributed by atoms with Crippen LogP contribution < -0.4 is 5.32 Å². The van der Waals surface area contributed by atoms with E-state index in [1.54, 1.807) is 0 Å². The third kappa shape index (κ3) is 6.01. The molecule has 0 aromatic heterocycles. The molecule has 5 heteroatoms. The van der Waals surface area contributed by atoms with Crippen molar-refractivity contribution in [2.24, 2.45) is 0 Å². The van der Waals surface area contributed by atoms with Crippen LogP contribution in [0.15, 0.2) is 30.3 Å². The molecule has 19 heavy (non-hydrogen) atoms. The maximum Gasteiger partial charge on any atom is 0.326 e. The van der Waals surface area contributed by atoms with E-state index in [9.17, 15) is 9.59 Å². The highest BCUT2D eigenvalue weighted by Crippen LogP contribution is 2.03. The minimum Gasteiger partial charge on any atom is -0.480 e. The summed E-state index contributed by atoms with van der Waals surface area (Å²) >= 11 is 0. The summed E-state index contributed by atoms with van der Waals surface area (Å²) in [6.45, 7) is 3.49. The first-order chi connectivity index (χ1) is 8.99. The summed E-state index contributed by atoms with van der Waals surface area (Å²) in [6.07, 6.45) is 0.187. The van der Waals surface area contributed by atoms with Gasteiger partial charge in [-0.15, -0.1) is 0 Å². The SMILES string of the molecule is CC(C)OCC(=O)NC(Cc1ccccc1)C(=O)O. The van der Waals surface area contributed by atoms with Crippen LogP contribution in [0.1, 0.15) is 19.4 Å². The molecular formula is C14H19NO4. The molecule has 0 saturated heterocycles. The van der Waals surface area contributed by atoms with E-state index in [1.807, 2.05) is 44.2 Å². The summed E-state index contributed by atoms with van der Waals surface area (Å²) in [5, 5.41) is 11.6. The Balaban J connectivity index is 2.54. The molecule has 0 saturated carbocycles. The van der Waals surface area contributed by atoms with E-state index in [2.05, 4.69) is 5.32 Å². The molecular weight excluding hydrogens is 246 g/mol. The second-order valence-electron chi connectivity index (χ2n) is 4.51. The maximum absolute atomic E-state index is 11.6. The molecule has 1 rings (SSSR count). The number of carboxylic acid groups (broad SMARTS) is 1. The van der Waals surface area contributed by atoms with Crippen LogP contribution >= 0.6 is 0 Å². The van der Waals surface area contributed by atoms with Crippen LogP contribution in [0.4, 0.5) is 0 Å². The number of rotatable bonds is 7. The van der Waals surface area contributed by atoms with Gasteiger partial charge < -0.3 is 15.2 Å². The van der Waals surface area contributed by atoms with Crippen LogP contribution in [-0.4, -0.2) is 35.7 Å². The minimum absolute atomic E-state index is 0.0665. The molecule has 0 radical (unpaired) electrons. The summed E-state index contributed by atoms with van der Waals surface area (Å²) < 4.78 is 5.13. The van der Waals surface area contributed by atoms with Crippen molar-refractivity contribution >= 4 is 11.9 Å². The van der Waals surface area contributed by atoms with E-state index < -0.39 is 17.9 Å². The Morgan fingerprint density at radius 2 is 1.89 bits per heavy atom. The average Bonchev–Trinajstić information content (AvgIpc) is 2.36. The lowest BCUT2D eigenvalue weighted by molar-refractivity contribution is -0.142. The highest BCUT2D eigenvalue weighted by Gasteiger charge is 2.20. The molecule has 1 aromatic rings. The number of hydrogen-bond acceptors (Lipinski definition) is 3. The zero-order valence-corrected chi connectivity index (χ0v) is 11.1. The molecule has 1 aromatic carbocycles. The normalized spacial score (nSPS) is 12.2. The van der Waals surface area contributed by atoms with Crippen LogP contribution in [0.25, 0.3) is 0 Å². The first-order valence-electron chi connectivity index (χ1n) is 6.16. The minimum atomic E-state index is -1.05. The maximum atomic E-state index is 11.6. The predicted molar refractivity (Wildman–Crippen MR) is 70.8 cm³/mol. The lowest BCUT2D eigenvalue weighted by Crippen LogP contribution is -2.44. The van der Waals surface area contributed by atoms with Gasteiger partial charge in [-0.2, -0.15) is 0 Å². The van der Waals surface area contributed by atoms with Crippen LogP contribution in [-0.2, 0) is 20.7 Å². The van der Waals surface area contributed by atoms with Gasteiger partial charge >= 0.3 is 5.97 Å². The number of aliphatic carboxylic acids is 1. The van der Waals surface area contributed by atoms with Crippen LogP contribution in [0, 0.1) is 0 Å². The monoisotopic (exact) mass is 265 g/mol. The Morgan fingerprint density at radius 1 is 1.26 bits per heavy atom. The first kappa shape index (κ1) is 15.2. The number of carboxylic acids is 1. The fourth-order valence-electron chi connectivity index (χ4n) is 1.53. The lowest BCUT2D eigenvalue weighted by atomic mass is 10.1. The van der Waals surface area contributed by atoms with Crippen LogP contribution in [0.2, 0.25) is 0 Å². The molecule has 1 unspecified atom stereocenters. The second-order valence-corrected chi connectivity index (χ2v) is 4.51. The van der Waals surface area contributed by atoms with Gasteiger partial charge in [0.2, 0.25) is 5.91 Å². The van der Waals surface area contributed by atoms with Crippen molar-refractivity contribution < 1.29 is 19.4 Å². The van der Waals surface area contributed by atoms with Gasteiger partial charge in [-0.1, -0.05) is 30.3 Å². The van der Waals surface area contributed by atoms with Gasteiger partial charge in [0.25, 0.3) is 0 Å². The number of hydrogen-bond donors (Lipinski definition) is 2. The third-order valence-electron chi connectivity index (χ3n) is 2.46. The fourth-order valence-corrected chi connectivity index (χ4v) is 1.53. The van der Waals surface area contributed by atoms with E-state index in [4.69, 9.17) is 9.84 Å². The van der Waals surface area contributed by atoms with Crippen molar-refractivity contribution in [3.8, 4) is 0 Å². The Bertz CT molecular complexity index is 417. The van der Waals surface area contributed by atoms with E-state index in [0.717, 1.165) is 5.56 Å². The Hall–Kier alpha value is -1.88. The van der Waals surface area contributed by atoms with Gasteiger partial charge in [-0.05, 0) is 19.4 Å². The quantitative estimate of drug-likeness (QED) is 0.777. The Labute approximate surface area is 112 Å². The molecule has 0 aliphatic carbocycles. The van der Waals surface area contributed by atoms with Gasteiger partial charge in [0, 0.05) is 6.42 Å². The number of nitrogens with one attached hydrogen (secondary N) is 1. The molecule has 0 heterocycles. The Morgan fingerprint density at radius 3 is 2.42 bits per heavy atom. The molecule has 0 aliphatic heterocycles. The predicted octanol–water partition coefficient (Wildman–Crippen LogP) is 1.22. The summed E-state index contributed by atoms with van der Waals surface area (Å²) in [6, 6.07) is 8.23. The summed E-state index contributed by atoms with van der Waals surface area (Å²) in [4.78, 5) is 22.7. The molecule has 1 atom stereocenters. The molecule has 2 N–H and O–H groups in total. The number of amides is 1. The van der Waals surface area contributed by atoms with Gasteiger partial charge in [0.15, 0.2) is 0 Å².